The number of ether oxygens (including phenoxy) is 1. The monoisotopic (exact) mass is 386 g/mol. The Bertz CT molecular complexity index is 820. The summed E-state index contributed by atoms with van der Waals surface area (Å²) in [6, 6.07) is 13.5. The average molecular weight is 387 g/mol. The van der Waals surface area contributed by atoms with E-state index in [-0.39, 0.29) is 23.7 Å². The summed E-state index contributed by atoms with van der Waals surface area (Å²) in [4.78, 5) is 26.5. The van der Waals surface area contributed by atoms with E-state index in [2.05, 4.69) is 6.92 Å². The van der Waals surface area contributed by atoms with Crippen LogP contribution in [0.4, 0.5) is 0 Å². The first kappa shape index (κ1) is 19.4. The van der Waals surface area contributed by atoms with Gasteiger partial charge in [0.1, 0.15) is 5.75 Å². The maximum atomic E-state index is 12.4. The highest BCUT2D eigenvalue weighted by molar-refractivity contribution is 6.30. The number of nitrogens with two attached hydrogens (primary N) is 1. The fourth-order valence-electron chi connectivity index (χ4n) is 3.11. The minimum Gasteiger partial charge on any atom is -0.484 e. The number of hydrogen-bond donors (Lipinski definition) is 1. The van der Waals surface area contributed by atoms with Crippen LogP contribution in [-0.2, 0) is 4.79 Å². The van der Waals surface area contributed by atoms with Crippen molar-refractivity contribution in [3.63, 3.8) is 0 Å². The predicted molar refractivity (Wildman–Crippen MR) is 105 cm³/mol. The smallest absolute Gasteiger partial charge is 0.260 e. The van der Waals surface area contributed by atoms with E-state index in [1.165, 1.54) is 0 Å². The highest BCUT2D eigenvalue weighted by Crippen LogP contribution is 2.28. The highest BCUT2D eigenvalue weighted by Gasteiger charge is 2.34. The lowest BCUT2D eigenvalue weighted by Gasteiger charge is -2.22. The minimum absolute atomic E-state index is 0.000659. The SMILES string of the molecule is CC1(CN)CCN(C(=O)COc2ccc(C(=O)c3ccc(Cl)cc3)cc2)C1. The number of halogens is 1. The molecule has 1 fully saturated rings. The maximum absolute atomic E-state index is 12.4. The van der Waals surface area contributed by atoms with Gasteiger partial charge in [-0.1, -0.05) is 18.5 Å². The normalized spacial score (nSPS) is 19.1. The largest absolute Gasteiger partial charge is 0.484 e. The Morgan fingerprint density at radius 1 is 1.11 bits per heavy atom. The third-order valence-electron chi connectivity index (χ3n) is 4.99. The van der Waals surface area contributed by atoms with Gasteiger partial charge in [-0.25, -0.2) is 0 Å². The Labute approximate surface area is 164 Å². The van der Waals surface area contributed by atoms with Gasteiger partial charge in [-0.05, 0) is 66.9 Å². The van der Waals surface area contributed by atoms with Gasteiger partial charge in [-0.15, -0.1) is 0 Å². The second kappa shape index (κ2) is 8.11. The van der Waals surface area contributed by atoms with Crippen molar-refractivity contribution < 1.29 is 14.3 Å². The van der Waals surface area contributed by atoms with Gasteiger partial charge in [0.25, 0.3) is 5.91 Å². The van der Waals surface area contributed by atoms with E-state index in [4.69, 9.17) is 22.1 Å². The summed E-state index contributed by atoms with van der Waals surface area (Å²) in [5.74, 6) is 0.415. The zero-order valence-corrected chi connectivity index (χ0v) is 16.0. The van der Waals surface area contributed by atoms with Gasteiger partial charge >= 0.3 is 0 Å². The number of benzene rings is 2. The second-order valence-electron chi connectivity index (χ2n) is 7.23. The molecule has 3 rings (SSSR count). The number of ketones is 1. The topological polar surface area (TPSA) is 72.6 Å². The lowest BCUT2D eigenvalue weighted by atomic mass is 9.90. The molecule has 1 amide bonds. The molecule has 6 heteroatoms. The lowest BCUT2D eigenvalue weighted by Crippen LogP contribution is -2.36. The molecule has 1 heterocycles. The first-order valence-corrected chi connectivity index (χ1v) is 9.29. The van der Waals surface area contributed by atoms with Crippen LogP contribution in [0.15, 0.2) is 48.5 Å². The summed E-state index contributed by atoms with van der Waals surface area (Å²) in [5, 5.41) is 0.588. The number of rotatable bonds is 6. The number of likely N-dealkylation sites (tertiary alicyclic amines) is 1. The summed E-state index contributed by atoms with van der Waals surface area (Å²) in [5.41, 5.74) is 6.90. The quantitative estimate of drug-likeness (QED) is 0.774. The summed E-state index contributed by atoms with van der Waals surface area (Å²) in [6.07, 6.45) is 0.913. The summed E-state index contributed by atoms with van der Waals surface area (Å²) in [7, 11) is 0. The zero-order valence-electron chi connectivity index (χ0n) is 15.3. The molecular formula is C21H23ClN2O3. The predicted octanol–water partition coefficient (Wildman–Crippen LogP) is 3.15. The molecule has 1 aliphatic heterocycles. The van der Waals surface area contributed by atoms with Gasteiger partial charge in [0, 0.05) is 29.2 Å². The van der Waals surface area contributed by atoms with Gasteiger partial charge in [-0.3, -0.25) is 9.59 Å². The van der Waals surface area contributed by atoms with Gasteiger partial charge in [0.05, 0.1) is 0 Å². The Morgan fingerprint density at radius 2 is 1.70 bits per heavy atom. The van der Waals surface area contributed by atoms with Crippen molar-refractivity contribution in [2.24, 2.45) is 11.1 Å². The number of amides is 1. The standard InChI is InChI=1S/C21H23ClN2O3/c1-21(13-23)10-11-24(14-21)19(25)12-27-18-8-4-16(5-9-18)20(26)15-2-6-17(22)7-3-15/h2-9H,10-14,23H2,1H3. The molecule has 1 unspecified atom stereocenters. The summed E-state index contributed by atoms with van der Waals surface area (Å²) in [6.45, 7) is 4.02. The molecule has 0 aromatic heterocycles. The molecule has 1 saturated heterocycles. The molecule has 2 aromatic carbocycles. The van der Waals surface area contributed by atoms with E-state index >= 15 is 0 Å². The molecule has 2 N–H and O–H groups in total. The Hall–Kier alpha value is -2.37. The van der Waals surface area contributed by atoms with Gasteiger partial charge in [-0.2, -0.15) is 0 Å². The van der Waals surface area contributed by atoms with Crippen LogP contribution in [0.2, 0.25) is 5.02 Å². The number of carbonyl (C=O) groups is 2. The zero-order chi connectivity index (χ0) is 19.4. The van der Waals surface area contributed by atoms with Gasteiger partial charge in [0.15, 0.2) is 12.4 Å². The molecule has 0 spiro atoms. The van der Waals surface area contributed by atoms with Crippen LogP contribution in [0, 0.1) is 5.41 Å². The summed E-state index contributed by atoms with van der Waals surface area (Å²) >= 11 is 5.85. The molecule has 0 aliphatic carbocycles. The van der Waals surface area contributed by atoms with Crippen LogP contribution in [0.5, 0.6) is 5.75 Å². The molecule has 5 nitrogen and oxygen atoms in total. The fourth-order valence-corrected chi connectivity index (χ4v) is 3.24. The lowest BCUT2D eigenvalue weighted by molar-refractivity contribution is -0.132. The van der Waals surface area contributed by atoms with Crippen molar-refractivity contribution >= 4 is 23.3 Å². The Kier molecular flexibility index (Phi) is 5.82. The third-order valence-corrected chi connectivity index (χ3v) is 5.24. The van der Waals surface area contributed by atoms with Crippen LogP contribution >= 0.6 is 11.6 Å². The molecular weight excluding hydrogens is 364 g/mol. The third kappa shape index (κ3) is 4.67. The van der Waals surface area contributed by atoms with Crippen molar-refractivity contribution in [3.8, 4) is 5.75 Å². The van der Waals surface area contributed by atoms with Gasteiger partial charge < -0.3 is 15.4 Å². The highest BCUT2D eigenvalue weighted by atomic mass is 35.5. The van der Waals surface area contributed by atoms with Crippen LogP contribution in [0.3, 0.4) is 0 Å². The Balaban J connectivity index is 1.56. The van der Waals surface area contributed by atoms with Crippen LogP contribution in [-0.4, -0.2) is 42.8 Å². The molecule has 0 saturated carbocycles. The van der Waals surface area contributed by atoms with Crippen molar-refractivity contribution in [1.29, 1.82) is 0 Å². The molecule has 0 bridgehead atoms. The number of nitrogens with zero attached hydrogens (tertiary/aromatic N) is 1. The van der Waals surface area contributed by atoms with Crippen LogP contribution < -0.4 is 10.5 Å². The van der Waals surface area contributed by atoms with Crippen molar-refractivity contribution in [2.75, 3.05) is 26.2 Å². The molecule has 142 valence electrons. The van der Waals surface area contributed by atoms with E-state index in [1.54, 1.807) is 53.4 Å². The average Bonchev–Trinajstić information content (AvgIpc) is 3.09. The van der Waals surface area contributed by atoms with Crippen LogP contribution in [0.25, 0.3) is 0 Å². The molecule has 1 aliphatic rings. The second-order valence-corrected chi connectivity index (χ2v) is 7.67. The van der Waals surface area contributed by atoms with E-state index < -0.39 is 0 Å². The Morgan fingerprint density at radius 3 is 2.26 bits per heavy atom. The first-order valence-electron chi connectivity index (χ1n) is 8.91. The van der Waals surface area contributed by atoms with Crippen molar-refractivity contribution in [1.82, 2.24) is 4.90 Å². The van der Waals surface area contributed by atoms with E-state index in [0.29, 0.717) is 41.5 Å². The van der Waals surface area contributed by atoms with E-state index in [0.717, 1.165) is 6.42 Å². The van der Waals surface area contributed by atoms with E-state index in [1.807, 2.05) is 0 Å². The van der Waals surface area contributed by atoms with Crippen LogP contribution in [0.1, 0.15) is 29.3 Å². The van der Waals surface area contributed by atoms with Gasteiger partial charge in [0.2, 0.25) is 0 Å². The maximum Gasteiger partial charge on any atom is 0.260 e. The molecule has 27 heavy (non-hydrogen) atoms. The minimum atomic E-state index is -0.0903. The fraction of sp³-hybridized carbons (Fsp3) is 0.333. The molecule has 2 aromatic rings. The molecule has 1 atom stereocenters. The first-order chi connectivity index (χ1) is 12.9. The molecule has 0 radical (unpaired) electrons. The summed E-state index contributed by atoms with van der Waals surface area (Å²) < 4.78 is 5.59. The number of carbonyl (C=O) groups excluding carboxylic acids is 2. The van der Waals surface area contributed by atoms with Crippen molar-refractivity contribution in [3.05, 3.63) is 64.7 Å². The van der Waals surface area contributed by atoms with Crippen molar-refractivity contribution in [2.45, 2.75) is 13.3 Å². The van der Waals surface area contributed by atoms with E-state index in [9.17, 15) is 9.59 Å². The number of hydrogen-bond acceptors (Lipinski definition) is 4.